The van der Waals surface area contributed by atoms with Gasteiger partial charge in [0.25, 0.3) is 0 Å². The highest BCUT2D eigenvalue weighted by Crippen LogP contribution is 2.23. The topological polar surface area (TPSA) is 54.3 Å². The first kappa shape index (κ1) is 14.1. The van der Waals surface area contributed by atoms with Crippen LogP contribution in [0.15, 0.2) is 24.5 Å². The van der Waals surface area contributed by atoms with Crippen molar-refractivity contribution in [3.63, 3.8) is 0 Å². The molecule has 2 N–H and O–H groups in total. The van der Waals surface area contributed by atoms with Crippen LogP contribution >= 0.6 is 0 Å². The Kier molecular flexibility index (Phi) is 5.02. The Balaban J connectivity index is 1.96. The van der Waals surface area contributed by atoms with Gasteiger partial charge in [0.2, 0.25) is 5.91 Å². The molecule has 0 spiro atoms. The van der Waals surface area contributed by atoms with Crippen LogP contribution in [0.25, 0.3) is 0 Å². The smallest absolute Gasteiger partial charge is 0.242 e. The zero-order valence-corrected chi connectivity index (χ0v) is 11.6. The van der Waals surface area contributed by atoms with E-state index in [-0.39, 0.29) is 30.5 Å². The van der Waals surface area contributed by atoms with Crippen LogP contribution in [0.5, 0.6) is 0 Å². The molecular weight excluding hydrogens is 240 g/mol. The Labute approximate surface area is 114 Å². The Morgan fingerprint density at radius 1 is 1.32 bits per heavy atom. The van der Waals surface area contributed by atoms with Gasteiger partial charge in [-0.1, -0.05) is 19.3 Å². The number of aliphatic hydroxyl groups excluding tert-OH is 1. The van der Waals surface area contributed by atoms with Gasteiger partial charge < -0.3 is 15.0 Å². The van der Waals surface area contributed by atoms with Crippen molar-refractivity contribution in [1.29, 1.82) is 0 Å². The molecule has 1 amide bonds. The van der Waals surface area contributed by atoms with Crippen LogP contribution in [0.4, 0.5) is 0 Å². The van der Waals surface area contributed by atoms with Crippen molar-refractivity contribution in [3.8, 4) is 0 Å². The van der Waals surface area contributed by atoms with E-state index in [0.717, 1.165) is 25.7 Å². The maximum Gasteiger partial charge on any atom is 0.242 e. The van der Waals surface area contributed by atoms with Crippen molar-refractivity contribution in [2.45, 2.75) is 51.1 Å². The summed E-state index contributed by atoms with van der Waals surface area (Å²) in [5, 5.41) is 12.6. The zero-order valence-electron chi connectivity index (χ0n) is 11.6. The van der Waals surface area contributed by atoms with Crippen LogP contribution in [0.3, 0.4) is 0 Å². The zero-order chi connectivity index (χ0) is 13.7. The number of carbonyl (C=O) groups excluding carboxylic acids is 1. The standard InChI is InChI=1S/C15H24N2O2/c1-12(17-9-5-6-10-17)15(19)16-14-8-4-2-3-7-13(14)11-18/h5-6,9-10,12-14,18H,2-4,7-8,11H2,1H3,(H,16,19). The van der Waals surface area contributed by atoms with Gasteiger partial charge in [0.1, 0.15) is 6.04 Å². The highest BCUT2D eigenvalue weighted by atomic mass is 16.3. The van der Waals surface area contributed by atoms with Crippen LogP contribution in [0.1, 0.15) is 45.1 Å². The van der Waals surface area contributed by atoms with Gasteiger partial charge in [-0.15, -0.1) is 0 Å². The van der Waals surface area contributed by atoms with Crippen LogP contribution in [0.2, 0.25) is 0 Å². The van der Waals surface area contributed by atoms with Gasteiger partial charge in [-0.2, -0.15) is 0 Å². The Morgan fingerprint density at radius 3 is 2.68 bits per heavy atom. The molecule has 4 nitrogen and oxygen atoms in total. The van der Waals surface area contributed by atoms with E-state index in [4.69, 9.17) is 0 Å². The monoisotopic (exact) mass is 264 g/mol. The molecule has 3 atom stereocenters. The van der Waals surface area contributed by atoms with Gasteiger partial charge in [0.15, 0.2) is 0 Å². The minimum Gasteiger partial charge on any atom is -0.396 e. The van der Waals surface area contributed by atoms with E-state index in [1.807, 2.05) is 36.0 Å². The maximum atomic E-state index is 12.3. The number of aromatic nitrogens is 1. The number of rotatable bonds is 4. The second kappa shape index (κ2) is 6.75. The minimum atomic E-state index is -0.197. The fourth-order valence-electron chi connectivity index (χ4n) is 2.84. The average Bonchev–Trinajstić information content (AvgIpc) is 2.86. The van der Waals surface area contributed by atoms with Gasteiger partial charge >= 0.3 is 0 Å². The molecule has 1 aliphatic carbocycles. The predicted octanol–water partition coefficient (Wildman–Crippen LogP) is 2.11. The van der Waals surface area contributed by atoms with Gasteiger partial charge in [-0.05, 0) is 31.9 Å². The first-order valence-corrected chi connectivity index (χ1v) is 7.26. The molecule has 106 valence electrons. The fourth-order valence-corrected chi connectivity index (χ4v) is 2.84. The number of hydrogen-bond acceptors (Lipinski definition) is 2. The molecule has 1 heterocycles. The van der Waals surface area contributed by atoms with Crippen LogP contribution < -0.4 is 5.32 Å². The van der Waals surface area contributed by atoms with E-state index in [9.17, 15) is 9.90 Å². The molecule has 1 aromatic rings. The number of amides is 1. The lowest BCUT2D eigenvalue weighted by molar-refractivity contribution is -0.125. The predicted molar refractivity (Wildman–Crippen MR) is 74.7 cm³/mol. The summed E-state index contributed by atoms with van der Waals surface area (Å²) < 4.78 is 1.90. The molecule has 1 saturated carbocycles. The normalized spacial score (nSPS) is 25.6. The summed E-state index contributed by atoms with van der Waals surface area (Å²) in [5.41, 5.74) is 0. The SMILES string of the molecule is CC(C(=O)NC1CCCCCC1CO)n1cccc1. The van der Waals surface area contributed by atoms with Crippen molar-refractivity contribution in [2.24, 2.45) is 5.92 Å². The third-order valence-electron chi connectivity index (χ3n) is 4.18. The maximum absolute atomic E-state index is 12.3. The average molecular weight is 264 g/mol. The van der Waals surface area contributed by atoms with E-state index in [1.54, 1.807) is 0 Å². The highest BCUT2D eigenvalue weighted by molar-refractivity contribution is 5.80. The first-order chi connectivity index (χ1) is 9.22. The largest absolute Gasteiger partial charge is 0.396 e. The van der Waals surface area contributed by atoms with E-state index in [0.29, 0.717) is 0 Å². The van der Waals surface area contributed by atoms with Crippen LogP contribution in [-0.2, 0) is 4.79 Å². The second-order valence-corrected chi connectivity index (χ2v) is 5.50. The van der Waals surface area contributed by atoms with Gasteiger partial charge in [-0.25, -0.2) is 0 Å². The number of carbonyl (C=O) groups is 1. The number of nitrogens with one attached hydrogen (secondary N) is 1. The third-order valence-corrected chi connectivity index (χ3v) is 4.18. The Bertz CT molecular complexity index is 389. The van der Waals surface area contributed by atoms with Crippen molar-refractivity contribution in [2.75, 3.05) is 6.61 Å². The summed E-state index contributed by atoms with van der Waals surface area (Å²) in [6.45, 7) is 2.07. The number of hydrogen-bond donors (Lipinski definition) is 2. The fraction of sp³-hybridized carbons (Fsp3) is 0.667. The molecule has 0 saturated heterocycles. The molecule has 1 aliphatic rings. The van der Waals surface area contributed by atoms with Crippen LogP contribution in [-0.4, -0.2) is 28.2 Å². The van der Waals surface area contributed by atoms with Gasteiger partial charge in [-0.3, -0.25) is 4.79 Å². The van der Waals surface area contributed by atoms with Crippen molar-refractivity contribution < 1.29 is 9.90 Å². The van der Waals surface area contributed by atoms with Crippen LogP contribution in [0, 0.1) is 5.92 Å². The van der Waals surface area contributed by atoms with E-state index in [2.05, 4.69) is 5.32 Å². The van der Waals surface area contributed by atoms with E-state index >= 15 is 0 Å². The van der Waals surface area contributed by atoms with E-state index < -0.39 is 0 Å². The molecule has 0 aromatic carbocycles. The highest BCUT2D eigenvalue weighted by Gasteiger charge is 2.26. The third kappa shape index (κ3) is 3.60. The number of nitrogens with zero attached hydrogens (tertiary/aromatic N) is 1. The molecular formula is C15H24N2O2. The lowest BCUT2D eigenvalue weighted by Crippen LogP contribution is -2.43. The summed E-state index contributed by atoms with van der Waals surface area (Å²) in [5.74, 6) is 0.255. The van der Waals surface area contributed by atoms with E-state index in [1.165, 1.54) is 6.42 Å². The molecule has 19 heavy (non-hydrogen) atoms. The lowest BCUT2D eigenvalue weighted by Gasteiger charge is -2.26. The first-order valence-electron chi connectivity index (χ1n) is 7.26. The number of aliphatic hydroxyl groups is 1. The molecule has 1 fully saturated rings. The summed E-state index contributed by atoms with van der Waals surface area (Å²) in [7, 11) is 0. The Hall–Kier alpha value is -1.29. The summed E-state index contributed by atoms with van der Waals surface area (Å²) in [6, 6.07) is 3.77. The second-order valence-electron chi connectivity index (χ2n) is 5.50. The minimum absolute atomic E-state index is 0.0431. The van der Waals surface area contributed by atoms with Crippen molar-refractivity contribution in [1.82, 2.24) is 9.88 Å². The molecule has 0 radical (unpaired) electrons. The van der Waals surface area contributed by atoms with Crippen molar-refractivity contribution >= 4 is 5.91 Å². The summed E-state index contributed by atoms with van der Waals surface area (Å²) in [6.07, 6.45) is 9.30. The molecule has 3 unspecified atom stereocenters. The summed E-state index contributed by atoms with van der Waals surface area (Å²) >= 11 is 0. The Morgan fingerprint density at radius 2 is 2.00 bits per heavy atom. The summed E-state index contributed by atoms with van der Waals surface area (Å²) in [4.78, 5) is 12.3. The van der Waals surface area contributed by atoms with Gasteiger partial charge in [0, 0.05) is 31.0 Å². The molecule has 1 aromatic heterocycles. The van der Waals surface area contributed by atoms with Gasteiger partial charge in [0.05, 0.1) is 0 Å². The molecule has 2 rings (SSSR count). The molecule has 0 bridgehead atoms. The lowest BCUT2D eigenvalue weighted by atomic mass is 9.95. The quantitative estimate of drug-likeness (QED) is 0.818. The molecule has 0 aliphatic heterocycles. The van der Waals surface area contributed by atoms with Crippen molar-refractivity contribution in [3.05, 3.63) is 24.5 Å². The molecule has 4 heteroatoms.